The predicted molar refractivity (Wildman–Crippen MR) is 74.2 cm³/mol. The van der Waals surface area contributed by atoms with Gasteiger partial charge in [-0.1, -0.05) is 30.3 Å². The number of carbonyl (C=O) groups is 2. The molecule has 1 aromatic rings. The van der Waals surface area contributed by atoms with Crippen molar-refractivity contribution in [1.82, 2.24) is 0 Å². The lowest BCUT2D eigenvalue weighted by Gasteiger charge is -2.11. The van der Waals surface area contributed by atoms with Crippen LogP contribution in [0.1, 0.15) is 19.4 Å². The average Bonchev–Trinajstić information content (AvgIpc) is 2.49. The molecular formula is C15H18O6. The molecule has 0 fully saturated rings. The third-order valence-corrected chi connectivity index (χ3v) is 2.37. The van der Waals surface area contributed by atoms with Crippen LogP contribution < -0.4 is 0 Å². The van der Waals surface area contributed by atoms with Crippen LogP contribution in [0.3, 0.4) is 0 Å². The highest BCUT2D eigenvalue weighted by atomic mass is 16.6. The molecule has 0 aliphatic carbocycles. The molecule has 0 heterocycles. The Bertz CT molecular complexity index is 506. The van der Waals surface area contributed by atoms with Gasteiger partial charge in [-0.3, -0.25) is 0 Å². The molecule has 0 atom stereocenters. The molecule has 114 valence electrons. The Balaban J connectivity index is 2.89. The fourth-order valence-electron chi connectivity index (χ4n) is 1.44. The zero-order valence-electron chi connectivity index (χ0n) is 12.0. The average molecular weight is 294 g/mol. The number of rotatable bonds is 7. The zero-order valence-corrected chi connectivity index (χ0v) is 12.0. The van der Waals surface area contributed by atoms with E-state index in [1.54, 1.807) is 38.1 Å². The van der Waals surface area contributed by atoms with E-state index in [1.165, 1.54) is 0 Å². The largest absolute Gasteiger partial charge is 0.499 e. The van der Waals surface area contributed by atoms with Gasteiger partial charge in [-0.15, -0.1) is 0 Å². The van der Waals surface area contributed by atoms with Crippen LogP contribution in [0, 0.1) is 0 Å². The van der Waals surface area contributed by atoms with Gasteiger partial charge in [0, 0.05) is 0 Å². The van der Waals surface area contributed by atoms with Crippen LogP contribution in [0.5, 0.6) is 0 Å². The molecule has 0 radical (unpaired) electrons. The Morgan fingerprint density at radius 3 is 2.10 bits per heavy atom. The number of ether oxygens (including phenoxy) is 3. The second-order valence-electron chi connectivity index (χ2n) is 3.89. The summed E-state index contributed by atoms with van der Waals surface area (Å²) in [5.74, 6) is -3.40. The summed E-state index contributed by atoms with van der Waals surface area (Å²) >= 11 is 0. The molecule has 0 unspecified atom stereocenters. The molecule has 0 aliphatic rings. The molecule has 0 bridgehead atoms. The Hall–Kier alpha value is -2.50. The number of carbonyl (C=O) groups excluding carboxylic acids is 2. The summed E-state index contributed by atoms with van der Waals surface area (Å²) < 4.78 is 14.6. The van der Waals surface area contributed by atoms with Gasteiger partial charge in [-0.2, -0.15) is 0 Å². The zero-order chi connectivity index (χ0) is 15.7. The van der Waals surface area contributed by atoms with Crippen LogP contribution in [0.25, 0.3) is 0 Å². The summed E-state index contributed by atoms with van der Waals surface area (Å²) in [6.07, 6.45) is 0. The maximum absolute atomic E-state index is 11.7. The number of hydrogen-bond donors (Lipinski definition) is 1. The van der Waals surface area contributed by atoms with Crippen molar-refractivity contribution in [2.45, 2.75) is 20.5 Å². The Morgan fingerprint density at radius 1 is 0.952 bits per heavy atom. The Morgan fingerprint density at radius 2 is 1.52 bits per heavy atom. The first-order valence-electron chi connectivity index (χ1n) is 6.54. The molecule has 0 aliphatic heterocycles. The van der Waals surface area contributed by atoms with Crippen molar-refractivity contribution in [2.24, 2.45) is 0 Å². The fourth-order valence-corrected chi connectivity index (χ4v) is 1.44. The molecular weight excluding hydrogens is 276 g/mol. The van der Waals surface area contributed by atoms with E-state index >= 15 is 0 Å². The molecule has 0 spiro atoms. The van der Waals surface area contributed by atoms with Crippen LogP contribution >= 0.6 is 0 Å². The summed E-state index contributed by atoms with van der Waals surface area (Å²) in [7, 11) is 0. The van der Waals surface area contributed by atoms with Crippen molar-refractivity contribution in [3.63, 3.8) is 0 Å². The standard InChI is InChI=1S/C15H18O6/c1-3-19-14(17)12(16)13(15(18)20-4-2)21-10-11-8-6-5-7-9-11/h5-9,16H,3-4,10H2,1-2H3/b13-12+. The molecule has 0 saturated carbocycles. The highest BCUT2D eigenvalue weighted by molar-refractivity contribution is 5.97. The number of aliphatic hydroxyl groups is 1. The van der Waals surface area contributed by atoms with Gasteiger partial charge < -0.3 is 19.3 Å². The highest BCUT2D eigenvalue weighted by Crippen LogP contribution is 2.12. The molecule has 0 aromatic heterocycles. The number of benzene rings is 1. The molecule has 1 rings (SSSR count). The van der Waals surface area contributed by atoms with Crippen molar-refractivity contribution in [3.05, 3.63) is 47.4 Å². The smallest absolute Gasteiger partial charge is 0.377 e. The second kappa shape index (κ2) is 8.63. The lowest BCUT2D eigenvalue weighted by molar-refractivity contribution is -0.147. The first-order chi connectivity index (χ1) is 10.1. The van der Waals surface area contributed by atoms with E-state index in [9.17, 15) is 14.7 Å². The van der Waals surface area contributed by atoms with Crippen molar-refractivity contribution in [2.75, 3.05) is 13.2 Å². The Kier molecular flexibility index (Phi) is 6.80. The van der Waals surface area contributed by atoms with Crippen molar-refractivity contribution in [1.29, 1.82) is 0 Å². The van der Waals surface area contributed by atoms with E-state index in [2.05, 4.69) is 4.74 Å². The molecule has 6 nitrogen and oxygen atoms in total. The third-order valence-electron chi connectivity index (χ3n) is 2.37. The minimum atomic E-state index is -1.03. The van der Waals surface area contributed by atoms with Crippen LogP contribution in [0.2, 0.25) is 0 Å². The normalized spacial score (nSPS) is 11.3. The SMILES string of the molecule is CCOC(=O)/C(O)=C(\OCc1ccccc1)C(=O)OCC. The molecule has 6 heteroatoms. The van der Waals surface area contributed by atoms with Crippen molar-refractivity contribution < 1.29 is 28.9 Å². The van der Waals surface area contributed by atoms with E-state index in [1.807, 2.05) is 6.07 Å². The van der Waals surface area contributed by atoms with Crippen LogP contribution in [0.15, 0.2) is 41.9 Å². The summed E-state index contributed by atoms with van der Waals surface area (Å²) in [5.41, 5.74) is 0.774. The van der Waals surface area contributed by atoms with Crippen molar-refractivity contribution in [3.8, 4) is 0 Å². The number of hydrogen-bond acceptors (Lipinski definition) is 6. The topological polar surface area (TPSA) is 82.1 Å². The second-order valence-corrected chi connectivity index (χ2v) is 3.89. The van der Waals surface area contributed by atoms with E-state index in [4.69, 9.17) is 9.47 Å². The summed E-state index contributed by atoms with van der Waals surface area (Å²) in [6.45, 7) is 3.36. The van der Waals surface area contributed by atoms with E-state index < -0.39 is 23.5 Å². The predicted octanol–water partition coefficient (Wildman–Crippen LogP) is 2.10. The molecule has 0 amide bonds. The molecule has 1 N–H and O–H groups in total. The summed E-state index contributed by atoms with van der Waals surface area (Å²) in [4.78, 5) is 23.2. The van der Waals surface area contributed by atoms with E-state index in [0.717, 1.165) is 5.56 Å². The van der Waals surface area contributed by atoms with Gasteiger partial charge in [0.05, 0.1) is 13.2 Å². The van der Waals surface area contributed by atoms with E-state index in [-0.39, 0.29) is 19.8 Å². The maximum atomic E-state index is 11.7. The highest BCUT2D eigenvalue weighted by Gasteiger charge is 2.25. The van der Waals surface area contributed by atoms with Crippen LogP contribution in [-0.4, -0.2) is 30.3 Å². The van der Waals surface area contributed by atoms with Gasteiger partial charge in [0.2, 0.25) is 0 Å². The minimum absolute atomic E-state index is 0.0124. The Labute approximate surface area is 122 Å². The van der Waals surface area contributed by atoms with Gasteiger partial charge in [0.1, 0.15) is 6.61 Å². The molecule has 0 saturated heterocycles. The lowest BCUT2D eigenvalue weighted by Crippen LogP contribution is -2.18. The number of esters is 2. The first-order valence-corrected chi connectivity index (χ1v) is 6.54. The third kappa shape index (κ3) is 5.18. The van der Waals surface area contributed by atoms with Gasteiger partial charge in [-0.05, 0) is 19.4 Å². The lowest BCUT2D eigenvalue weighted by atomic mass is 10.2. The van der Waals surface area contributed by atoms with Crippen molar-refractivity contribution >= 4 is 11.9 Å². The van der Waals surface area contributed by atoms with Gasteiger partial charge in [0.15, 0.2) is 0 Å². The van der Waals surface area contributed by atoms with Crippen LogP contribution in [0.4, 0.5) is 0 Å². The van der Waals surface area contributed by atoms with Gasteiger partial charge in [-0.25, -0.2) is 9.59 Å². The summed E-state index contributed by atoms with van der Waals surface area (Å²) in [6, 6.07) is 9.01. The quantitative estimate of drug-likeness (QED) is 0.471. The summed E-state index contributed by atoms with van der Waals surface area (Å²) in [5, 5.41) is 9.76. The van der Waals surface area contributed by atoms with Gasteiger partial charge >= 0.3 is 11.9 Å². The van der Waals surface area contributed by atoms with Gasteiger partial charge in [0.25, 0.3) is 11.5 Å². The van der Waals surface area contributed by atoms with Crippen LogP contribution in [-0.2, 0) is 30.4 Å². The fraction of sp³-hybridized carbons (Fsp3) is 0.333. The minimum Gasteiger partial charge on any atom is -0.499 e. The molecule has 1 aromatic carbocycles. The monoisotopic (exact) mass is 294 g/mol. The number of aliphatic hydroxyl groups excluding tert-OH is 1. The first kappa shape index (κ1) is 16.6. The molecule has 21 heavy (non-hydrogen) atoms. The van der Waals surface area contributed by atoms with E-state index in [0.29, 0.717) is 0 Å². The maximum Gasteiger partial charge on any atom is 0.377 e.